The van der Waals surface area contributed by atoms with Crippen molar-refractivity contribution in [2.45, 2.75) is 18.7 Å². The van der Waals surface area contributed by atoms with Gasteiger partial charge >= 0.3 is 0 Å². The molecule has 3 aromatic rings. The molecular formula is C20H23N3O3S2. The molecule has 0 fully saturated rings. The largest absolute Gasteiger partial charge is 0.372 e. The first-order chi connectivity index (χ1) is 13.2. The molecule has 0 spiro atoms. The molecule has 28 heavy (non-hydrogen) atoms. The molecule has 0 aliphatic carbocycles. The number of aryl methyl sites for hydroxylation is 1. The van der Waals surface area contributed by atoms with Crippen LogP contribution in [0.3, 0.4) is 0 Å². The molecule has 0 aliphatic heterocycles. The lowest BCUT2D eigenvalue weighted by molar-refractivity contribution is 0.0998. The second-order valence-electron chi connectivity index (χ2n) is 6.48. The Balaban J connectivity index is 1.97. The van der Waals surface area contributed by atoms with E-state index in [4.69, 9.17) is 0 Å². The Morgan fingerprint density at radius 2 is 1.75 bits per heavy atom. The molecule has 0 atom stereocenters. The van der Waals surface area contributed by atoms with Crippen molar-refractivity contribution in [3.8, 4) is 0 Å². The third kappa shape index (κ3) is 4.02. The van der Waals surface area contributed by atoms with Crippen LogP contribution in [-0.2, 0) is 16.9 Å². The lowest BCUT2D eigenvalue weighted by atomic mass is 10.2. The number of benzene rings is 2. The van der Waals surface area contributed by atoms with E-state index in [2.05, 4.69) is 23.7 Å². The number of nitrogens with zero attached hydrogens (tertiary/aromatic N) is 3. The summed E-state index contributed by atoms with van der Waals surface area (Å²) in [4.78, 5) is 19.8. The van der Waals surface area contributed by atoms with E-state index < -0.39 is 9.84 Å². The Morgan fingerprint density at radius 3 is 2.32 bits per heavy atom. The van der Waals surface area contributed by atoms with E-state index in [0.717, 1.165) is 29.0 Å². The van der Waals surface area contributed by atoms with E-state index >= 15 is 0 Å². The van der Waals surface area contributed by atoms with Crippen molar-refractivity contribution in [3.05, 3.63) is 52.8 Å². The minimum atomic E-state index is -3.28. The molecule has 6 nitrogen and oxygen atoms in total. The van der Waals surface area contributed by atoms with Gasteiger partial charge in [0.05, 0.1) is 15.1 Å². The number of sulfone groups is 1. The number of fused-ring (bicyclic) bond motifs is 1. The highest BCUT2D eigenvalue weighted by Gasteiger charge is 2.12. The maximum Gasteiger partial charge on any atom is 0.279 e. The summed E-state index contributed by atoms with van der Waals surface area (Å²) < 4.78 is 26.1. The van der Waals surface area contributed by atoms with Gasteiger partial charge < -0.3 is 9.47 Å². The molecular weight excluding hydrogens is 394 g/mol. The fraction of sp³-hybridized carbons (Fsp3) is 0.300. The Kier molecular flexibility index (Phi) is 5.71. The standard InChI is InChI=1S/C20H23N3O3S2/c1-5-23(6-2)15-9-7-14(8-10-15)19(24)21-20-22(3)17-12-11-16(28(4,25)26)13-18(17)27-20/h7-13H,5-6H2,1-4H3. The van der Waals surface area contributed by atoms with Gasteiger partial charge in [0.2, 0.25) is 0 Å². The third-order valence-electron chi connectivity index (χ3n) is 4.65. The lowest BCUT2D eigenvalue weighted by Gasteiger charge is -2.20. The van der Waals surface area contributed by atoms with Crippen molar-refractivity contribution in [3.63, 3.8) is 0 Å². The Labute approximate surface area is 168 Å². The van der Waals surface area contributed by atoms with Crippen LogP contribution in [0, 0.1) is 0 Å². The van der Waals surface area contributed by atoms with E-state index in [-0.39, 0.29) is 10.8 Å². The van der Waals surface area contributed by atoms with Crippen molar-refractivity contribution in [1.29, 1.82) is 0 Å². The van der Waals surface area contributed by atoms with E-state index in [0.29, 0.717) is 10.4 Å². The van der Waals surface area contributed by atoms with Gasteiger partial charge in [-0.3, -0.25) is 4.79 Å². The zero-order chi connectivity index (χ0) is 20.5. The summed E-state index contributed by atoms with van der Waals surface area (Å²) in [6, 6.07) is 12.4. The summed E-state index contributed by atoms with van der Waals surface area (Å²) in [5.41, 5.74) is 2.42. The molecule has 148 valence electrons. The summed E-state index contributed by atoms with van der Waals surface area (Å²) in [6.45, 7) is 5.99. The average Bonchev–Trinajstić information content (AvgIpc) is 2.97. The highest BCUT2D eigenvalue weighted by atomic mass is 32.2. The first-order valence-corrected chi connectivity index (χ1v) is 11.7. The predicted octanol–water partition coefficient (Wildman–Crippen LogP) is 3.23. The van der Waals surface area contributed by atoms with E-state index in [9.17, 15) is 13.2 Å². The third-order valence-corrected chi connectivity index (χ3v) is 6.85. The van der Waals surface area contributed by atoms with E-state index in [1.54, 1.807) is 34.9 Å². The van der Waals surface area contributed by atoms with Crippen LogP contribution in [0.5, 0.6) is 0 Å². The Hall–Kier alpha value is -2.45. The summed E-state index contributed by atoms with van der Waals surface area (Å²) in [6.07, 6.45) is 1.18. The van der Waals surface area contributed by atoms with Gasteiger partial charge in [-0.2, -0.15) is 4.99 Å². The maximum absolute atomic E-state index is 12.6. The van der Waals surface area contributed by atoms with E-state index in [1.165, 1.54) is 17.6 Å². The number of carbonyl (C=O) groups is 1. The van der Waals surface area contributed by atoms with Crippen LogP contribution in [0.25, 0.3) is 10.2 Å². The summed E-state index contributed by atoms with van der Waals surface area (Å²) in [5, 5.41) is 0. The topological polar surface area (TPSA) is 71.7 Å². The average molecular weight is 418 g/mol. The maximum atomic E-state index is 12.6. The first kappa shape index (κ1) is 20.3. The van der Waals surface area contributed by atoms with Crippen molar-refractivity contribution in [1.82, 2.24) is 4.57 Å². The van der Waals surface area contributed by atoms with Crippen LogP contribution >= 0.6 is 11.3 Å². The minimum absolute atomic E-state index is 0.256. The number of aromatic nitrogens is 1. The van der Waals surface area contributed by atoms with Crippen molar-refractivity contribution in [2.75, 3.05) is 24.2 Å². The second kappa shape index (κ2) is 7.89. The summed E-state index contributed by atoms with van der Waals surface area (Å²) in [5.74, 6) is -0.323. The van der Waals surface area contributed by atoms with Crippen LogP contribution in [0.15, 0.2) is 52.4 Å². The van der Waals surface area contributed by atoms with Gasteiger partial charge in [0, 0.05) is 37.6 Å². The van der Waals surface area contributed by atoms with Gasteiger partial charge in [-0.1, -0.05) is 11.3 Å². The first-order valence-electron chi connectivity index (χ1n) is 8.98. The number of hydrogen-bond acceptors (Lipinski definition) is 5. The molecule has 1 heterocycles. The van der Waals surface area contributed by atoms with E-state index in [1.807, 2.05) is 19.2 Å². The van der Waals surface area contributed by atoms with Crippen LogP contribution in [0.2, 0.25) is 0 Å². The quantitative estimate of drug-likeness (QED) is 0.639. The zero-order valence-corrected chi connectivity index (χ0v) is 18.0. The van der Waals surface area contributed by atoms with Gasteiger partial charge in [-0.05, 0) is 56.3 Å². The van der Waals surface area contributed by atoms with Gasteiger partial charge in [-0.15, -0.1) is 0 Å². The molecule has 1 amide bonds. The van der Waals surface area contributed by atoms with Crippen molar-refractivity contribution < 1.29 is 13.2 Å². The summed E-state index contributed by atoms with van der Waals surface area (Å²) >= 11 is 1.30. The smallest absolute Gasteiger partial charge is 0.279 e. The highest BCUT2D eigenvalue weighted by molar-refractivity contribution is 7.90. The fourth-order valence-corrected chi connectivity index (χ4v) is 4.78. The fourth-order valence-electron chi connectivity index (χ4n) is 3.01. The molecule has 0 bridgehead atoms. The van der Waals surface area contributed by atoms with Gasteiger partial charge in [0.1, 0.15) is 0 Å². The SMILES string of the molecule is CCN(CC)c1ccc(C(=O)N=c2sc3cc(S(C)(=O)=O)ccc3n2C)cc1. The van der Waals surface area contributed by atoms with Gasteiger partial charge in [0.25, 0.3) is 5.91 Å². The molecule has 0 saturated carbocycles. The van der Waals surface area contributed by atoms with Crippen LogP contribution in [-0.4, -0.2) is 38.2 Å². The molecule has 3 rings (SSSR count). The molecule has 0 radical (unpaired) electrons. The molecule has 0 aliphatic rings. The molecule has 8 heteroatoms. The zero-order valence-electron chi connectivity index (χ0n) is 16.3. The minimum Gasteiger partial charge on any atom is -0.372 e. The normalized spacial score (nSPS) is 12.5. The number of hydrogen-bond donors (Lipinski definition) is 0. The number of amides is 1. The predicted molar refractivity (Wildman–Crippen MR) is 114 cm³/mol. The highest BCUT2D eigenvalue weighted by Crippen LogP contribution is 2.21. The number of anilines is 1. The Bertz CT molecular complexity index is 1190. The monoisotopic (exact) mass is 417 g/mol. The molecule has 0 N–H and O–H groups in total. The van der Waals surface area contributed by atoms with Crippen molar-refractivity contribution >= 4 is 43.0 Å². The van der Waals surface area contributed by atoms with Gasteiger partial charge in [-0.25, -0.2) is 8.42 Å². The van der Waals surface area contributed by atoms with Crippen molar-refractivity contribution in [2.24, 2.45) is 12.0 Å². The number of rotatable bonds is 5. The lowest BCUT2D eigenvalue weighted by Crippen LogP contribution is -2.21. The number of carbonyl (C=O) groups excluding carboxylic acids is 1. The van der Waals surface area contributed by atoms with Crippen LogP contribution in [0.1, 0.15) is 24.2 Å². The molecule has 0 saturated heterocycles. The second-order valence-corrected chi connectivity index (χ2v) is 9.51. The Morgan fingerprint density at radius 1 is 1.11 bits per heavy atom. The van der Waals surface area contributed by atoms with Crippen LogP contribution in [0.4, 0.5) is 5.69 Å². The molecule has 1 aromatic heterocycles. The molecule has 0 unspecified atom stereocenters. The summed E-state index contributed by atoms with van der Waals surface area (Å²) in [7, 11) is -1.47. The number of thiazole rings is 1. The molecule has 2 aromatic carbocycles. The van der Waals surface area contributed by atoms with Crippen LogP contribution < -0.4 is 9.70 Å². The van der Waals surface area contributed by atoms with Gasteiger partial charge in [0.15, 0.2) is 14.6 Å².